The topological polar surface area (TPSA) is 95.3 Å². The van der Waals surface area contributed by atoms with Gasteiger partial charge in [-0.15, -0.1) is 5.10 Å². The maximum Gasteiger partial charge on any atom is 0.361 e. The van der Waals surface area contributed by atoms with Gasteiger partial charge in [-0.25, -0.2) is 4.79 Å². The molecular weight excluding hydrogens is 372 g/mol. The van der Waals surface area contributed by atoms with Crippen molar-refractivity contribution in [2.24, 2.45) is 0 Å². The molecule has 29 heavy (non-hydrogen) atoms. The average Bonchev–Trinajstić information content (AvgIpc) is 3.12. The Hall–Kier alpha value is -3.68. The third-order valence-corrected chi connectivity index (χ3v) is 4.05. The van der Waals surface area contributed by atoms with Crippen molar-refractivity contribution in [2.45, 2.75) is 26.9 Å². The molecule has 0 saturated carbocycles. The summed E-state index contributed by atoms with van der Waals surface area (Å²) >= 11 is 0. The van der Waals surface area contributed by atoms with Gasteiger partial charge in [0.15, 0.2) is 11.8 Å². The molecule has 2 aromatic carbocycles. The lowest BCUT2D eigenvalue weighted by atomic mass is 10.2. The Morgan fingerprint density at radius 1 is 1.07 bits per heavy atom. The minimum atomic E-state index is -1.00. The molecule has 0 aliphatic rings. The van der Waals surface area contributed by atoms with Gasteiger partial charge in [0.1, 0.15) is 5.75 Å². The van der Waals surface area contributed by atoms with E-state index in [1.165, 1.54) is 11.7 Å². The molecule has 1 aromatic heterocycles. The van der Waals surface area contributed by atoms with Crippen molar-refractivity contribution in [3.05, 3.63) is 66.0 Å². The molecule has 0 radical (unpaired) electrons. The van der Waals surface area contributed by atoms with Gasteiger partial charge in [-0.3, -0.25) is 4.79 Å². The molecule has 1 N–H and O–H groups in total. The predicted molar refractivity (Wildman–Crippen MR) is 107 cm³/mol. The smallest absolute Gasteiger partial charge is 0.361 e. The van der Waals surface area contributed by atoms with E-state index in [2.05, 4.69) is 15.5 Å². The zero-order valence-electron chi connectivity index (χ0n) is 16.5. The van der Waals surface area contributed by atoms with E-state index in [0.717, 1.165) is 5.69 Å². The monoisotopic (exact) mass is 394 g/mol. The van der Waals surface area contributed by atoms with E-state index in [0.29, 0.717) is 23.7 Å². The Morgan fingerprint density at radius 3 is 2.41 bits per heavy atom. The van der Waals surface area contributed by atoms with E-state index in [9.17, 15) is 9.59 Å². The van der Waals surface area contributed by atoms with Gasteiger partial charge in [-0.05, 0) is 57.2 Å². The van der Waals surface area contributed by atoms with Crippen molar-refractivity contribution in [1.29, 1.82) is 0 Å². The number of aromatic nitrogens is 3. The number of carbonyl (C=O) groups is 2. The number of hydrogen-bond acceptors (Lipinski definition) is 6. The summed E-state index contributed by atoms with van der Waals surface area (Å²) in [5, 5.41) is 11.1. The second-order valence-electron chi connectivity index (χ2n) is 6.25. The molecule has 0 spiro atoms. The standard InChI is InChI=1S/C21H22N4O4/c1-4-28-18-12-10-16(11-13-18)22-20(26)15(3)29-21(27)19-14(2)23-25(24-19)17-8-6-5-7-9-17/h5-13,15H,4H2,1-3H3,(H,22,26)/t15-/m0/s1. The first-order valence-corrected chi connectivity index (χ1v) is 9.22. The van der Waals surface area contributed by atoms with Crippen molar-refractivity contribution in [3.63, 3.8) is 0 Å². The number of anilines is 1. The fourth-order valence-electron chi connectivity index (χ4n) is 2.56. The van der Waals surface area contributed by atoms with Crippen LogP contribution < -0.4 is 10.1 Å². The number of para-hydroxylation sites is 1. The van der Waals surface area contributed by atoms with Gasteiger partial charge in [0.2, 0.25) is 0 Å². The van der Waals surface area contributed by atoms with E-state index < -0.39 is 18.0 Å². The highest BCUT2D eigenvalue weighted by Gasteiger charge is 2.23. The Kier molecular flexibility index (Phi) is 6.23. The first kappa shape index (κ1) is 20.1. The Labute approximate surface area is 168 Å². The number of ether oxygens (including phenoxy) is 2. The summed E-state index contributed by atoms with van der Waals surface area (Å²) in [7, 11) is 0. The minimum absolute atomic E-state index is 0.0644. The fourth-order valence-corrected chi connectivity index (χ4v) is 2.56. The predicted octanol–water partition coefficient (Wildman–Crippen LogP) is 3.16. The van der Waals surface area contributed by atoms with E-state index >= 15 is 0 Å². The highest BCUT2D eigenvalue weighted by atomic mass is 16.5. The summed E-state index contributed by atoms with van der Waals surface area (Å²) in [6.45, 7) is 5.62. The minimum Gasteiger partial charge on any atom is -0.494 e. The van der Waals surface area contributed by atoms with Crippen LogP contribution in [0.1, 0.15) is 30.0 Å². The molecule has 1 atom stereocenters. The van der Waals surface area contributed by atoms with Crippen LogP contribution in [0.4, 0.5) is 5.69 Å². The molecule has 0 saturated heterocycles. The van der Waals surface area contributed by atoms with Gasteiger partial charge in [0, 0.05) is 5.69 Å². The summed E-state index contributed by atoms with van der Waals surface area (Å²) in [5.74, 6) is -0.448. The first-order valence-electron chi connectivity index (χ1n) is 9.22. The normalized spacial score (nSPS) is 11.6. The summed E-state index contributed by atoms with van der Waals surface area (Å²) in [5.41, 5.74) is 1.77. The number of benzene rings is 2. The molecule has 150 valence electrons. The second kappa shape index (κ2) is 9.01. The van der Waals surface area contributed by atoms with Gasteiger partial charge < -0.3 is 14.8 Å². The van der Waals surface area contributed by atoms with E-state index in [-0.39, 0.29) is 5.69 Å². The maximum atomic E-state index is 12.5. The van der Waals surface area contributed by atoms with Gasteiger partial charge in [0.05, 0.1) is 18.0 Å². The van der Waals surface area contributed by atoms with Crippen LogP contribution in [0.25, 0.3) is 5.69 Å². The summed E-state index contributed by atoms with van der Waals surface area (Å²) < 4.78 is 10.6. The molecule has 0 unspecified atom stereocenters. The van der Waals surface area contributed by atoms with Gasteiger partial charge in [-0.1, -0.05) is 18.2 Å². The zero-order chi connectivity index (χ0) is 20.8. The lowest BCUT2D eigenvalue weighted by Crippen LogP contribution is -2.30. The van der Waals surface area contributed by atoms with Gasteiger partial charge in [0.25, 0.3) is 5.91 Å². The third-order valence-electron chi connectivity index (χ3n) is 4.05. The number of aryl methyl sites for hydroxylation is 1. The van der Waals surface area contributed by atoms with Crippen LogP contribution in [0.3, 0.4) is 0 Å². The number of rotatable bonds is 7. The highest BCUT2D eigenvalue weighted by Crippen LogP contribution is 2.16. The maximum absolute atomic E-state index is 12.5. The van der Waals surface area contributed by atoms with Gasteiger partial charge >= 0.3 is 5.97 Å². The van der Waals surface area contributed by atoms with Crippen LogP contribution in [0.5, 0.6) is 5.75 Å². The Bertz CT molecular complexity index is 984. The first-order chi connectivity index (χ1) is 14.0. The molecule has 3 aromatic rings. The van der Waals surface area contributed by atoms with Gasteiger partial charge in [-0.2, -0.15) is 9.90 Å². The third kappa shape index (κ3) is 4.98. The molecular formula is C21H22N4O4. The van der Waals surface area contributed by atoms with Crippen molar-refractivity contribution in [2.75, 3.05) is 11.9 Å². The molecule has 3 rings (SSSR count). The molecule has 0 aliphatic heterocycles. The van der Waals surface area contributed by atoms with Crippen LogP contribution in [0, 0.1) is 6.92 Å². The SMILES string of the molecule is CCOc1ccc(NC(=O)[C@H](C)OC(=O)c2nn(-c3ccccc3)nc2C)cc1. The van der Waals surface area contributed by atoms with Crippen LogP contribution in [0.15, 0.2) is 54.6 Å². The number of nitrogens with one attached hydrogen (secondary N) is 1. The lowest BCUT2D eigenvalue weighted by Gasteiger charge is -2.13. The van der Waals surface area contributed by atoms with Crippen molar-refractivity contribution >= 4 is 17.6 Å². The van der Waals surface area contributed by atoms with Crippen LogP contribution in [0.2, 0.25) is 0 Å². The number of esters is 1. The molecule has 8 heteroatoms. The summed E-state index contributed by atoms with van der Waals surface area (Å²) in [6, 6.07) is 16.1. The quantitative estimate of drug-likeness (QED) is 0.619. The summed E-state index contributed by atoms with van der Waals surface area (Å²) in [4.78, 5) is 26.2. The number of amides is 1. The fraction of sp³-hybridized carbons (Fsp3) is 0.238. The lowest BCUT2D eigenvalue weighted by molar-refractivity contribution is -0.123. The molecule has 1 heterocycles. The summed E-state index contributed by atoms with van der Waals surface area (Å²) in [6.07, 6.45) is -1.00. The van der Waals surface area contributed by atoms with Crippen molar-refractivity contribution in [3.8, 4) is 11.4 Å². The van der Waals surface area contributed by atoms with E-state index in [1.807, 2.05) is 37.3 Å². The van der Waals surface area contributed by atoms with E-state index in [1.54, 1.807) is 31.2 Å². The largest absolute Gasteiger partial charge is 0.494 e. The van der Waals surface area contributed by atoms with Crippen molar-refractivity contribution < 1.29 is 19.1 Å². The Balaban J connectivity index is 1.62. The highest BCUT2D eigenvalue weighted by molar-refractivity contribution is 5.97. The number of nitrogens with zero attached hydrogens (tertiary/aromatic N) is 3. The second-order valence-corrected chi connectivity index (χ2v) is 6.25. The van der Waals surface area contributed by atoms with Crippen LogP contribution in [-0.4, -0.2) is 39.6 Å². The molecule has 0 bridgehead atoms. The molecule has 0 fully saturated rings. The molecule has 8 nitrogen and oxygen atoms in total. The number of hydrogen-bond donors (Lipinski definition) is 1. The Morgan fingerprint density at radius 2 is 1.76 bits per heavy atom. The van der Waals surface area contributed by atoms with Crippen molar-refractivity contribution in [1.82, 2.24) is 15.0 Å². The average molecular weight is 394 g/mol. The number of carbonyl (C=O) groups excluding carboxylic acids is 2. The van der Waals surface area contributed by atoms with Crippen LogP contribution >= 0.6 is 0 Å². The molecule has 1 amide bonds. The van der Waals surface area contributed by atoms with E-state index in [4.69, 9.17) is 9.47 Å². The molecule has 0 aliphatic carbocycles. The van der Waals surface area contributed by atoms with Crippen LogP contribution in [-0.2, 0) is 9.53 Å². The zero-order valence-corrected chi connectivity index (χ0v) is 16.5.